The maximum Gasteiger partial charge on any atom is 0.335 e. The number of ether oxygens (including phenoxy) is 4. The summed E-state index contributed by atoms with van der Waals surface area (Å²) < 4.78 is 23.4. The molecule has 19 atom stereocenters. The topological polar surface area (TPSA) is 253 Å². The molecule has 0 spiro atoms. The molecule has 7 rings (SSSR count). The molecule has 0 aromatic rings. The van der Waals surface area contributed by atoms with Gasteiger partial charge in [-0.2, -0.15) is 0 Å². The highest BCUT2D eigenvalue weighted by Gasteiger charge is 2.70. The number of carboxylic acid groups (broad SMARTS) is 1. The van der Waals surface area contributed by atoms with Crippen LogP contribution in [0.1, 0.15) is 106 Å². The number of allylic oxidation sites excluding steroid dienone is 2. The average molecular weight is 811 g/mol. The summed E-state index contributed by atoms with van der Waals surface area (Å²) in [6.45, 7) is 12.6. The molecular formula is C42H66O15. The third-order valence-corrected chi connectivity index (χ3v) is 17.3. The van der Waals surface area contributed by atoms with E-state index < -0.39 is 96.9 Å². The van der Waals surface area contributed by atoms with Gasteiger partial charge in [0, 0.05) is 5.41 Å². The number of carboxylic acids is 1. The summed E-state index contributed by atoms with van der Waals surface area (Å²) in [5.74, 6) is -1.98. The van der Waals surface area contributed by atoms with E-state index in [1.807, 2.05) is 6.92 Å². The third-order valence-electron chi connectivity index (χ3n) is 17.3. The molecule has 7 aliphatic rings. The first-order valence-corrected chi connectivity index (χ1v) is 21.0. The minimum Gasteiger partial charge on any atom is -0.479 e. The van der Waals surface area contributed by atoms with Crippen molar-refractivity contribution in [1.82, 2.24) is 0 Å². The monoisotopic (exact) mass is 810 g/mol. The van der Waals surface area contributed by atoms with Gasteiger partial charge in [-0.1, -0.05) is 53.2 Å². The number of carbonyl (C=O) groups is 2. The van der Waals surface area contributed by atoms with Crippen molar-refractivity contribution in [3.8, 4) is 0 Å². The maximum absolute atomic E-state index is 14.6. The van der Waals surface area contributed by atoms with Crippen molar-refractivity contribution in [2.24, 2.45) is 50.2 Å². The number of hydrogen-bond donors (Lipinski definition) is 9. The van der Waals surface area contributed by atoms with Gasteiger partial charge in [0.05, 0.1) is 24.7 Å². The second-order valence-corrected chi connectivity index (χ2v) is 20.5. The molecule has 57 heavy (non-hydrogen) atoms. The number of esters is 1. The van der Waals surface area contributed by atoms with Gasteiger partial charge in [-0.25, -0.2) is 4.79 Å². The van der Waals surface area contributed by atoms with Crippen LogP contribution in [0.2, 0.25) is 0 Å². The molecule has 0 radical (unpaired) electrons. The van der Waals surface area contributed by atoms with E-state index in [4.69, 9.17) is 18.9 Å². The van der Waals surface area contributed by atoms with Crippen LogP contribution in [0, 0.1) is 50.2 Å². The van der Waals surface area contributed by atoms with Crippen molar-refractivity contribution in [2.75, 3.05) is 13.2 Å². The molecular weight excluding hydrogens is 744 g/mol. The van der Waals surface area contributed by atoms with Crippen molar-refractivity contribution in [3.05, 3.63) is 11.6 Å². The Morgan fingerprint density at radius 1 is 0.754 bits per heavy atom. The Labute approximate surface area is 334 Å². The second-order valence-electron chi connectivity index (χ2n) is 20.5. The normalized spacial score (nSPS) is 53.3. The van der Waals surface area contributed by atoms with Gasteiger partial charge in [0.25, 0.3) is 0 Å². The molecule has 324 valence electrons. The quantitative estimate of drug-likeness (QED) is 0.100. The van der Waals surface area contributed by atoms with Crippen LogP contribution in [-0.2, 0) is 28.5 Å². The molecule has 6 fully saturated rings. The van der Waals surface area contributed by atoms with Gasteiger partial charge < -0.3 is 64.9 Å². The molecule has 2 saturated heterocycles. The molecule has 0 bridgehead atoms. The highest BCUT2D eigenvalue weighted by molar-refractivity contribution is 5.79. The van der Waals surface area contributed by atoms with Crippen LogP contribution in [0.15, 0.2) is 11.6 Å². The molecule has 4 saturated carbocycles. The van der Waals surface area contributed by atoms with Crippen LogP contribution >= 0.6 is 0 Å². The maximum atomic E-state index is 14.6. The van der Waals surface area contributed by atoms with Gasteiger partial charge in [0.15, 0.2) is 12.4 Å². The van der Waals surface area contributed by atoms with Crippen LogP contribution in [0.3, 0.4) is 0 Å². The summed E-state index contributed by atoms with van der Waals surface area (Å²) >= 11 is 0. The van der Waals surface area contributed by atoms with Crippen molar-refractivity contribution in [1.29, 1.82) is 0 Å². The summed E-state index contributed by atoms with van der Waals surface area (Å²) in [6.07, 6.45) is -7.64. The van der Waals surface area contributed by atoms with Gasteiger partial charge in [0.2, 0.25) is 6.29 Å². The van der Waals surface area contributed by atoms with Crippen molar-refractivity contribution < 1.29 is 74.5 Å². The molecule has 0 amide bonds. The van der Waals surface area contributed by atoms with E-state index in [2.05, 4.69) is 40.7 Å². The van der Waals surface area contributed by atoms with Gasteiger partial charge in [-0.3, -0.25) is 4.79 Å². The molecule has 0 aromatic heterocycles. The summed E-state index contributed by atoms with van der Waals surface area (Å²) in [6, 6.07) is 0. The number of hydrogen-bond acceptors (Lipinski definition) is 14. The Balaban J connectivity index is 1.17. The standard InChI is InChI=1S/C42H66O15/c1-37(2)13-15-42(36(53)57-34-30(49)27(46)26(45)22(18-43)54-34)16-14-40(5)20(21(42)17-37)7-8-24-38(3)11-10-25(39(4,19-44)23(38)9-12-41(24,40)6)55-35-31(50)28(47)29(48)32(56-35)33(51)52/h7,21-32,34-35,43-50H,8-19H2,1-6H3,(H,51,52)/t21-,22+,23+,24+,25-,26+,27-,28+,29+,30+,31-,32+,34-,35-,38-,39-,40+,41+,42-/m0/s1. The molecule has 9 N–H and O–H groups in total. The minimum atomic E-state index is -1.84. The van der Waals surface area contributed by atoms with Crippen molar-refractivity contribution in [2.45, 2.75) is 173 Å². The molecule has 15 nitrogen and oxygen atoms in total. The zero-order valence-corrected chi connectivity index (χ0v) is 34.1. The summed E-state index contributed by atoms with van der Waals surface area (Å²) in [4.78, 5) is 26.4. The van der Waals surface area contributed by atoms with E-state index in [1.165, 1.54) is 5.57 Å². The van der Waals surface area contributed by atoms with Crippen molar-refractivity contribution >= 4 is 11.9 Å². The second kappa shape index (κ2) is 14.7. The predicted octanol–water partition coefficient (Wildman–Crippen LogP) is 1.38. The Morgan fingerprint density at radius 3 is 2.05 bits per heavy atom. The number of fused-ring (bicyclic) bond motifs is 7. The summed E-state index contributed by atoms with van der Waals surface area (Å²) in [7, 11) is 0. The Hall–Kier alpha value is -1.76. The number of aliphatic hydroxyl groups excluding tert-OH is 8. The lowest BCUT2D eigenvalue weighted by Crippen LogP contribution is -2.67. The number of rotatable bonds is 7. The first-order valence-electron chi connectivity index (χ1n) is 21.0. The smallest absolute Gasteiger partial charge is 0.335 e. The first-order chi connectivity index (χ1) is 26.5. The van der Waals surface area contributed by atoms with E-state index in [-0.39, 0.29) is 46.0 Å². The van der Waals surface area contributed by atoms with Crippen LogP contribution in [0.5, 0.6) is 0 Å². The molecule has 5 aliphatic carbocycles. The SMILES string of the molecule is CC1(C)CC[C@]2(C(=O)O[C@@H]3O[C@H](CO)[C@@H](O)[C@H](O)[C@H]3O)CC[C@]3(C)C(=CC[C@@H]4[C@@]5(C)CC[C@H](O[C@H]6O[C@@H](C(=O)O)[C@H](O)[C@@H](O)[C@@H]6O)[C@@](C)(CO)[C@@H]5CC[C@]43C)[C@@H]2C1. The molecule has 2 heterocycles. The number of aliphatic carboxylic acids is 1. The Kier molecular flexibility index (Phi) is 11.2. The minimum absolute atomic E-state index is 0.0262. The zero-order chi connectivity index (χ0) is 41.8. The molecule has 0 unspecified atom stereocenters. The van der Waals surface area contributed by atoms with Gasteiger partial charge in [-0.15, -0.1) is 0 Å². The van der Waals surface area contributed by atoms with E-state index >= 15 is 0 Å². The largest absolute Gasteiger partial charge is 0.479 e. The van der Waals surface area contributed by atoms with Gasteiger partial charge >= 0.3 is 11.9 Å². The van der Waals surface area contributed by atoms with E-state index in [1.54, 1.807) is 0 Å². The van der Waals surface area contributed by atoms with Gasteiger partial charge in [-0.05, 0) is 104 Å². The van der Waals surface area contributed by atoms with Crippen LogP contribution in [-0.4, -0.2) is 139 Å². The third kappa shape index (κ3) is 6.39. The van der Waals surface area contributed by atoms with E-state index in [0.717, 1.165) is 38.5 Å². The number of carbonyl (C=O) groups excluding carboxylic acids is 1. The van der Waals surface area contributed by atoms with E-state index in [9.17, 15) is 55.5 Å². The lowest BCUT2D eigenvalue weighted by Gasteiger charge is -2.71. The van der Waals surface area contributed by atoms with E-state index in [0.29, 0.717) is 25.7 Å². The summed E-state index contributed by atoms with van der Waals surface area (Å²) in [5, 5.41) is 93.6. The first kappa shape index (κ1) is 43.3. The fraction of sp³-hybridized carbons (Fsp3) is 0.905. The fourth-order valence-corrected chi connectivity index (χ4v) is 13.6. The molecule has 0 aromatic carbocycles. The predicted molar refractivity (Wildman–Crippen MR) is 200 cm³/mol. The fourth-order valence-electron chi connectivity index (χ4n) is 13.6. The van der Waals surface area contributed by atoms with Crippen LogP contribution < -0.4 is 0 Å². The van der Waals surface area contributed by atoms with Gasteiger partial charge in [0.1, 0.15) is 42.7 Å². The lowest BCUT2D eigenvalue weighted by molar-refractivity contribution is -0.327. The Morgan fingerprint density at radius 2 is 1.40 bits per heavy atom. The van der Waals surface area contributed by atoms with Crippen LogP contribution in [0.25, 0.3) is 0 Å². The highest BCUT2D eigenvalue weighted by Crippen LogP contribution is 2.76. The summed E-state index contributed by atoms with van der Waals surface area (Å²) in [5.41, 5.74) is -1.27. The zero-order valence-electron chi connectivity index (χ0n) is 34.1. The molecule has 2 aliphatic heterocycles. The highest BCUT2D eigenvalue weighted by atomic mass is 16.7. The molecule has 15 heteroatoms. The number of aliphatic hydroxyl groups is 8. The van der Waals surface area contributed by atoms with Crippen molar-refractivity contribution in [3.63, 3.8) is 0 Å². The Bertz CT molecular complexity index is 1590. The average Bonchev–Trinajstić information content (AvgIpc) is 3.16. The van der Waals surface area contributed by atoms with Crippen LogP contribution in [0.4, 0.5) is 0 Å². The lowest BCUT2D eigenvalue weighted by atomic mass is 9.33.